The number of hydrogen-bond donors (Lipinski definition) is 1. The Morgan fingerprint density at radius 2 is 2.17 bits per heavy atom. The normalized spacial score (nSPS) is 15.8. The van der Waals surface area contributed by atoms with Crippen molar-refractivity contribution in [1.29, 1.82) is 0 Å². The SMILES string of the molecule is O=C1O[I](=O)c2cccc(O)c21. The maximum absolute atomic E-state index is 11.1. The maximum atomic E-state index is 11.1. The molecule has 1 aliphatic heterocycles. The Labute approximate surface area is 75.5 Å². The Morgan fingerprint density at radius 1 is 1.42 bits per heavy atom. The summed E-state index contributed by atoms with van der Waals surface area (Å²) in [5, 5.41) is 9.20. The van der Waals surface area contributed by atoms with Gasteiger partial charge in [0.2, 0.25) is 0 Å². The van der Waals surface area contributed by atoms with E-state index < -0.39 is 26.2 Å². The van der Waals surface area contributed by atoms with E-state index in [0.717, 1.165) is 0 Å². The number of aromatic hydroxyl groups is 1. The maximum Gasteiger partial charge on any atom is 0.353 e. The van der Waals surface area contributed by atoms with Crippen LogP contribution in [0, 0.1) is 3.57 Å². The van der Waals surface area contributed by atoms with Crippen molar-refractivity contribution in [1.82, 2.24) is 0 Å². The second kappa shape index (κ2) is 2.51. The van der Waals surface area contributed by atoms with Gasteiger partial charge in [0.15, 0.2) is 0 Å². The van der Waals surface area contributed by atoms with Gasteiger partial charge < -0.3 is 8.17 Å². The van der Waals surface area contributed by atoms with Crippen LogP contribution >= 0.6 is 20.2 Å². The second-order valence-corrected chi connectivity index (χ2v) is 5.06. The van der Waals surface area contributed by atoms with Gasteiger partial charge >= 0.3 is 5.97 Å². The lowest BCUT2D eigenvalue weighted by atomic mass is 10.2. The van der Waals surface area contributed by atoms with Crippen molar-refractivity contribution in [3.63, 3.8) is 0 Å². The van der Waals surface area contributed by atoms with E-state index in [9.17, 15) is 13.0 Å². The van der Waals surface area contributed by atoms with Crippen LogP contribution < -0.4 is 0 Å². The van der Waals surface area contributed by atoms with Crippen LogP contribution in [0.2, 0.25) is 0 Å². The summed E-state index contributed by atoms with van der Waals surface area (Å²) in [4.78, 5) is 11.0. The molecule has 1 aromatic rings. The summed E-state index contributed by atoms with van der Waals surface area (Å²) in [7, 11) is 0. The molecule has 1 aliphatic rings. The molecular weight excluding hydrogens is 275 g/mol. The summed E-state index contributed by atoms with van der Waals surface area (Å²) in [6.07, 6.45) is 0. The van der Waals surface area contributed by atoms with E-state index in [1.165, 1.54) is 12.1 Å². The van der Waals surface area contributed by atoms with E-state index >= 15 is 0 Å². The van der Waals surface area contributed by atoms with Gasteiger partial charge in [-0.3, -0.25) is 0 Å². The highest BCUT2D eigenvalue weighted by Gasteiger charge is 2.31. The number of hydrogen-bond acceptors (Lipinski definition) is 4. The molecule has 0 bridgehead atoms. The zero-order valence-corrected chi connectivity index (χ0v) is 7.94. The number of carbonyl (C=O) groups excluding carboxylic acids is 1. The third-order valence-electron chi connectivity index (χ3n) is 1.50. The summed E-state index contributed by atoms with van der Waals surface area (Å²) in [5.74, 6) is -0.837. The van der Waals surface area contributed by atoms with Gasteiger partial charge in [0, 0.05) is 0 Å². The monoisotopic (exact) mass is 279 g/mol. The lowest BCUT2D eigenvalue weighted by molar-refractivity contribution is 0.0800. The van der Waals surface area contributed by atoms with Crippen molar-refractivity contribution >= 4 is 26.2 Å². The molecule has 63 valence electrons. The zero-order chi connectivity index (χ0) is 8.72. The topological polar surface area (TPSA) is 63.6 Å². The number of halogens is 1. The Kier molecular flexibility index (Phi) is 1.60. The summed E-state index contributed by atoms with van der Waals surface area (Å²) >= 11 is -2.96. The molecule has 0 saturated carbocycles. The van der Waals surface area contributed by atoms with Crippen molar-refractivity contribution in [3.8, 4) is 5.75 Å². The fourth-order valence-corrected chi connectivity index (χ4v) is 3.25. The number of rotatable bonds is 0. The number of carbonyl (C=O) groups is 1. The van der Waals surface area contributed by atoms with Gasteiger partial charge in [-0.15, -0.1) is 0 Å². The number of benzene rings is 1. The van der Waals surface area contributed by atoms with Crippen molar-refractivity contribution in [3.05, 3.63) is 27.3 Å². The molecule has 1 heterocycles. The lowest BCUT2D eigenvalue weighted by Gasteiger charge is -1.93. The first kappa shape index (κ1) is 7.66. The van der Waals surface area contributed by atoms with Crippen LogP contribution in [0.5, 0.6) is 5.75 Å². The zero-order valence-electron chi connectivity index (χ0n) is 5.78. The molecule has 0 unspecified atom stereocenters. The van der Waals surface area contributed by atoms with Crippen molar-refractivity contribution in [2.45, 2.75) is 0 Å². The molecule has 5 heteroatoms. The van der Waals surface area contributed by atoms with E-state index in [1.807, 2.05) is 0 Å². The van der Waals surface area contributed by atoms with Crippen molar-refractivity contribution < 1.29 is 16.0 Å². The quantitative estimate of drug-likeness (QED) is 0.731. The van der Waals surface area contributed by atoms with E-state index in [2.05, 4.69) is 3.07 Å². The number of phenolic OH excluding ortho intramolecular Hbond substituents is 1. The van der Waals surface area contributed by atoms with E-state index in [-0.39, 0.29) is 11.3 Å². The predicted octanol–water partition coefficient (Wildman–Crippen LogP) is 1.50. The summed E-state index contributed by atoms with van der Waals surface area (Å²) in [6.45, 7) is 0. The molecule has 1 radical (unpaired) electrons. The minimum Gasteiger partial charge on any atom is -0.507 e. The van der Waals surface area contributed by atoms with Crippen molar-refractivity contribution in [2.24, 2.45) is 0 Å². The summed E-state index contributed by atoms with van der Waals surface area (Å²) in [6, 6.07) is 4.45. The number of fused-ring (bicyclic) bond motifs is 1. The summed E-state index contributed by atoms with van der Waals surface area (Å²) in [5.41, 5.74) is 0.0673. The van der Waals surface area contributed by atoms with Crippen molar-refractivity contribution in [2.75, 3.05) is 0 Å². The molecule has 0 aromatic heterocycles. The van der Waals surface area contributed by atoms with Gasteiger partial charge in [-0.2, -0.15) is 0 Å². The Hall–Kier alpha value is -0.980. The molecule has 12 heavy (non-hydrogen) atoms. The first-order valence-electron chi connectivity index (χ1n) is 3.12. The molecule has 0 atom stereocenters. The van der Waals surface area contributed by atoms with Crippen LogP contribution in [-0.2, 0) is 6.14 Å². The van der Waals surface area contributed by atoms with Crippen LogP contribution in [0.25, 0.3) is 0 Å². The fraction of sp³-hybridized carbons (Fsp3) is 0. The van der Waals surface area contributed by atoms with Gasteiger partial charge in [0.25, 0.3) is 20.2 Å². The average Bonchev–Trinajstić information content (AvgIpc) is 2.29. The fourth-order valence-electron chi connectivity index (χ4n) is 0.987. The molecule has 1 aromatic carbocycles. The second-order valence-electron chi connectivity index (χ2n) is 2.22. The molecule has 2 rings (SSSR count). The van der Waals surface area contributed by atoms with Gasteiger partial charge in [0.05, 0.1) is 3.57 Å². The molecular formula is C7H4IO4. The lowest BCUT2D eigenvalue weighted by Crippen LogP contribution is -1.93. The van der Waals surface area contributed by atoms with Gasteiger partial charge in [-0.05, 0) is 12.1 Å². The number of phenols is 1. The Morgan fingerprint density at radius 3 is 2.83 bits per heavy atom. The molecule has 0 aliphatic carbocycles. The average molecular weight is 279 g/mol. The molecule has 4 nitrogen and oxygen atoms in total. The minimum atomic E-state index is -2.96. The highest BCUT2D eigenvalue weighted by Crippen LogP contribution is 2.44. The van der Waals surface area contributed by atoms with E-state index in [1.54, 1.807) is 6.07 Å². The van der Waals surface area contributed by atoms with Crippen LogP contribution in [-0.4, -0.2) is 11.1 Å². The standard InChI is InChI=1S/C7H4IO4/c9-5-3-1-2-4-6(5)7(10)12-8(4)11/h1-3,9H. The minimum absolute atomic E-state index is 0.0673. The van der Waals surface area contributed by atoms with E-state index in [4.69, 9.17) is 0 Å². The molecule has 0 amide bonds. The Bertz CT molecular complexity index is 385. The molecule has 0 fully saturated rings. The van der Waals surface area contributed by atoms with Crippen LogP contribution in [0.4, 0.5) is 0 Å². The van der Waals surface area contributed by atoms with Crippen LogP contribution in [0.1, 0.15) is 10.4 Å². The predicted molar refractivity (Wildman–Crippen MR) is 46.9 cm³/mol. The van der Waals surface area contributed by atoms with Crippen LogP contribution in [0.15, 0.2) is 18.2 Å². The van der Waals surface area contributed by atoms with Gasteiger partial charge in [0.1, 0.15) is 11.3 Å². The summed E-state index contributed by atoms with van der Waals surface area (Å²) < 4.78 is 16.0. The first-order valence-corrected chi connectivity index (χ1v) is 5.96. The highest BCUT2D eigenvalue weighted by atomic mass is 127. The van der Waals surface area contributed by atoms with Gasteiger partial charge in [-0.1, -0.05) is 6.07 Å². The molecule has 0 spiro atoms. The first-order chi connectivity index (χ1) is 5.70. The van der Waals surface area contributed by atoms with E-state index in [0.29, 0.717) is 3.57 Å². The highest BCUT2D eigenvalue weighted by molar-refractivity contribution is 14.2. The largest absolute Gasteiger partial charge is 0.507 e. The molecule has 1 N–H and O–H groups in total. The smallest absolute Gasteiger partial charge is 0.353 e. The van der Waals surface area contributed by atoms with Crippen LogP contribution in [0.3, 0.4) is 0 Å². The molecule has 0 saturated heterocycles. The Balaban J connectivity index is 2.75. The third-order valence-corrected chi connectivity index (χ3v) is 4.15. The third kappa shape index (κ3) is 0.927. The van der Waals surface area contributed by atoms with Gasteiger partial charge in [-0.25, -0.2) is 7.86 Å².